The van der Waals surface area contributed by atoms with E-state index in [-0.39, 0.29) is 11.3 Å². The fourth-order valence-electron chi connectivity index (χ4n) is 3.23. The summed E-state index contributed by atoms with van der Waals surface area (Å²) in [5.41, 5.74) is 2.35. The Morgan fingerprint density at radius 3 is 2.45 bits per heavy atom. The second kappa shape index (κ2) is 6.97. The largest absolute Gasteiger partial charge is 0.494 e. The van der Waals surface area contributed by atoms with E-state index < -0.39 is 18.3 Å². The number of fused-ring (bicyclic) bond motifs is 1. The van der Waals surface area contributed by atoms with Crippen molar-refractivity contribution in [1.29, 1.82) is 0 Å². The summed E-state index contributed by atoms with van der Waals surface area (Å²) in [6.45, 7) is 12.3. The lowest BCUT2D eigenvalue weighted by atomic mass is 9.79. The molecule has 0 unspecified atom stereocenters. The molecule has 0 amide bonds. The zero-order valence-corrected chi connectivity index (χ0v) is 18.3. The van der Waals surface area contributed by atoms with Gasteiger partial charge in [-0.2, -0.15) is 9.97 Å². The number of nitrogens with one attached hydrogen (secondary N) is 1. The molecule has 29 heavy (non-hydrogen) atoms. The Bertz CT molecular complexity index is 1050. The first-order valence-electron chi connectivity index (χ1n) is 9.70. The van der Waals surface area contributed by atoms with Crippen molar-refractivity contribution in [2.75, 3.05) is 5.32 Å². The molecule has 1 fully saturated rings. The maximum atomic E-state index is 6.18. The first kappa shape index (κ1) is 20.1. The van der Waals surface area contributed by atoms with E-state index >= 15 is 0 Å². The summed E-state index contributed by atoms with van der Waals surface area (Å²) in [7, 11) is -0.434. The molecule has 3 aromatic rings. The first-order chi connectivity index (χ1) is 13.6. The molecule has 3 heterocycles. The Morgan fingerprint density at radius 1 is 1.10 bits per heavy atom. The number of imidazole rings is 1. The van der Waals surface area contributed by atoms with E-state index in [1.54, 1.807) is 6.33 Å². The number of anilines is 2. The SMILES string of the molecule is CC(C)n1cnc2c(Nc3cccc(B4OC(C)(C)C(C)(C)O4)c3)nc(Cl)nc21. The summed E-state index contributed by atoms with van der Waals surface area (Å²) < 4.78 is 14.3. The van der Waals surface area contributed by atoms with Crippen LogP contribution in [0.15, 0.2) is 30.6 Å². The molecule has 1 saturated heterocycles. The fourth-order valence-corrected chi connectivity index (χ4v) is 3.40. The molecule has 1 N–H and O–H groups in total. The smallest absolute Gasteiger partial charge is 0.399 e. The van der Waals surface area contributed by atoms with Crippen molar-refractivity contribution in [3.05, 3.63) is 35.9 Å². The second-order valence-corrected chi connectivity index (χ2v) is 8.94. The Kier molecular flexibility index (Phi) is 4.84. The quantitative estimate of drug-likeness (QED) is 0.512. The van der Waals surface area contributed by atoms with Crippen LogP contribution in [0.25, 0.3) is 11.2 Å². The molecule has 2 aromatic heterocycles. The molecule has 1 aliphatic rings. The van der Waals surface area contributed by atoms with Gasteiger partial charge in [0.1, 0.15) is 0 Å². The van der Waals surface area contributed by atoms with Crippen LogP contribution in [0.3, 0.4) is 0 Å². The van der Waals surface area contributed by atoms with Crippen LogP contribution in [0.5, 0.6) is 0 Å². The average molecular weight is 414 g/mol. The van der Waals surface area contributed by atoms with Crippen molar-refractivity contribution in [1.82, 2.24) is 19.5 Å². The molecular weight excluding hydrogens is 389 g/mol. The van der Waals surface area contributed by atoms with Gasteiger partial charge in [0, 0.05) is 11.7 Å². The zero-order valence-electron chi connectivity index (χ0n) is 17.5. The minimum absolute atomic E-state index is 0.171. The Labute approximate surface area is 175 Å². The summed E-state index contributed by atoms with van der Waals surface area (Å²) in [5.74, 6) is 0.561. The molecule has 152 valence electrons. The molecule has 1 aliphatic heterocycles. The van der Waals surface area contributed by atoms with Gasteiger partial charge in [-0.1, -0.05) is 12.1 Å². The minimum atomic E-state index is -0.434. The molecule has 1 aromatic carbocycles. The van der Waals surface area contributed by atoms with Crippen molar-refractivity contribution in [2.24, 2.45) is 0 Å². The molecule has 0 atom stereocenters. The van der Waals surface area contributed by atoms with Gasteiger partial charge in [0.2, 0.25) is 5.28 Å². The van der Waals surface area contributed by atoms with E-state index in [0.717, 1.165) is 11.2 Å². The first-order valence-corrected chi connectivity index (χ1v) is 10.1. The predicted molar refractivity (Wildman–Crippen MR) is 116 cm³/mol. The van der Waals surface area contributed by atoms with Crippen molar-refractivity contribution >= 4 is 46.9 Å². The molecule has 0 radical (unpaired) electrons. The van der Waals surface area contributed by atoms with Gasteiger partial charge in [-0.15, -0.1) is 0 Å². The molecule has 4 rings (SSSR count). The van der Waals surface area contributed by atoms with Gasteiger partial charge in [-0.25, -0.2) is 4.98 Å². The number of halogens is 1. The van der Waals surface area contributed by atoms with Gasteiger partial charge < -0.3 is 19.2 Å². The van der Waals surface area contributed by atoms with Gasteiger partial charge in [0.15, 0.2) is 17.0 Å². The highest BCUT2D eigenvalue weighted by atomic mass is 35.5. The van der Waals surface area contributed by atoms with E-state index in [4.69, 9.17) is 20.9 Å². The molecule has 7 nitrogen and oxygen atoms in total. The van der Waals surface area contributed by atoms with Crippen LogP contribution in [0.2, 0.25) is 5.28 Å². The third-order valence-electron chi connectivity index (χ3n) is 5.63. The lowest BCUT2D eigenvalue weighted by Crippen LogP contribution is -2.41. The summed E-state index contributed by atoms with van der Waals surface area (Å²) in [6, 6.07) is 8.10. The Morgan fingerprint density at radius 2 is 1.79 bits per heavy atom. The normalized spacial score (nSPS) is 18.0. The summed E-state index contributed by atoms with van der Waals surface area (Å²) in [5, 5.41) is 3.49. The van der Waals surface area contributed by atoms with Crippen LogP contribution in [0.1, 0.15) is 47.6 Å². The van der Waals surface area contributed by atoms with Crippen LogP contribution in [0.4, 0.5) is 11.5 Å². The lowest BCUT2D eigenvalue weighted by molar-refractivity contribution is 0.00578. The molecular formula is C20H25BClN5O2. The molecule has 9 heteroatoms. The third kappa shape index (κ3) is 3.61. The minimum Gasteiger partial charge on any atom is -0.399 e. The summed E-state index contributed by atoms with van der Waals surface area (Å²) in [4.78, 5) is 13.2. The number of hydrogen-bond acceptors (Lipinski definition) is 6. The lowest BCUT2D eigenvalue weighted by Gasteiger charge is -2.32. The Balaban J connectivity index is 1.66. The molecule has 0 bridgehead atoms. The number of hydrogen-bond donors (Lipinski definition) is 1. The van der Waals surface area contributed by atoms with Crippen LogP contribution < -0.4 is 10.8 Å². The topological polar surface area (TPSA) is 74.1 Å². The van der Waals surface area contributed by atoms with E-state index in [9.17, 15) is 0 Å². The van der Waals surface area contributed by atoms with Crippen LogP contribution >= 0.6 is 11.6 Å². The number of aromatic nitrogens is 4. The second-order valence-electron chi connectivity index (χ2n) is 8.60. The van der Waals surface area contributed by atoms with E-state index in [1.807, 2.05) is 56.5 Å². The van der Waals surface area contributed by atoms with Gasteiger partial charge in [0.25, 0.3) is 0 Å². The fraction of sp³-hybridized carbons (Fsp3) is 0.450. The van der Waals surface area contributed by atoms with Crippen LogP contribution in [-0.4, -0.2) is 37.8 Å². The van der Waals surface area contributed by atoms with Crippen LogP contribution in [0, 0.1) is 0 Å². The van der Waals surface area contributed by atoms with Crippen LogP contribution in [-0.2, 0) is 9.31 Å². The predicted octanol–water partition coefficient (Wildman–Crippen LogP) is 4.10. The van der Waals surface area contributed by atoms with Crippen molar-refractivity contribution < 1.29 is 9.31 Å². The molecule has 0 aliphatic carbocycles. The van der Waals surface area contributed by atoms with Gasteiger partial charge in [-0.05, 0) is 70.7 Å². The maximum Gasteiger partial charge on any atom is 0.494 e. The van der Waals surface area contributed by atoms with Gasteiger partial charge in [-0.3, -0.25) is 0 Å². The maximum absolute atomic E-state index is 6.18. The zero-order chi connectivity index (χ0) is 21.0. The van der Waals surface area contributed by atoms with Gasteiger partial charge >= 0.3 is 7.12 Å². The van der Waals surface area contributed by atoms with E-state index in [0.29, 0.717) is 17.0 Å². The summed E-state index contributed by atoms with van der Waals surface area (Å²) in [6.07, 6.45) is 1.76. The highest BCUT2D eigenvalue weighted by Crippen LogP contribution is 2.36. The van der Waals surface area contributed by atoms with E-state index in [1.165, 1.54) is 0 Å². The van der Waals surface area contributed by atoms with E-state index in [2.05, 4.69) is 34.1 Å². The van der Waals surface area contributed by atoms with Crippen molar-refractivity contribution in [3.8, 4) is 0 Å². The van der Waals surface area contributed by atoms with Crippen molar-refractivity contribution in [2.45, 2.75) is 58.8 Å². The monoisotopic (exact) mass is 413 g/mol. The number of nitrogens with zero attached hydrogens (tertiary/aromatic N) is 4. The molecule has 0 saturated carbocycles. The molecule has 0 spiro atoms. The third-order valence-corrected chi connectivity index (χ3v) is 5.79. The number of rotatable bonds is 4. The number of benzene rings is 1. The van der Waals surface area contributed by atoms with Gasteiger partial charge in [0.05, 0.1) is 17.5 Å². The highest BCUT2D eigenvalue weighted by molar-refractivity contribution is 6.62. The highest BCUT2D eigenvalue weighted by Gasteiger charge is 2.51. The summed E-state index contributed by atoms with van der Waals surface area (Å²) >= 11 is 6.18. The van der Waals surface area contributed by atoms with Crippen molar-refractivity contribution in [3.63, 3.8) is 0 Å². The average Bonchev–Trinajstić information content (AvgIpc) is 3.13. The standard InChI is InChI=1S/C20H25BClN5O2/c1-12(2)27-11-23-15-16(25-18(22)26-17(15)27)24-14-9-7-8-13(10-14)21-28-19(3,4)20(5,6)29-21/h7-12H,1-6H3,(H,24,25,26). The Hall–Kier alpha value is -2.16.